The van der Waals surface area contributed by atoms with E-state index in [1.165, 1.54) is 11.3 Å². The van der Waals surface area contributed by atoms with Gasteiger partial charge < -0.3 is 0 Å². The molecule has 0 spiro atoms. The van der Waals surface area contributed by atoms with Crippen LogP contribution in [0.15, 0.2) is 77.6 Å². The highest BCUT2D eigenvalue weighted by molar-refractivity contribution is 7.20. The smallest absolute Gasteiger partial charge is 0.268 e. The molecule has 0 atom stereocenters. The highest BCUT2D eigenvalue weighted by Gasteiger charge is 2.17. The van der Waals surface area contributed by atoms with Crippen LogP contribution in [0.25, 0.3) is 37.6 Å². The van der Waals surface area contributed by atoms with E-state index in [-0.39, 0.29) is 5.56 Å². The van der Waals surface area contributed by atoms with Crippen LogP contribution in [0.1, 0.15) is 0 Å². The molecule has 2 heterocycles. The summed E-state index contributed by atoms with van der Waals surface area (Å²) >= 11 is 7.54. The van der Waals surface area contributed by atoms with Gasteiger partial charge in [-0.15, -0.1) is 0 Å². The third-order valence-corrected chi connectivity index (χ3v) is 5.59. The predicted octanol–water partition coefficient (Wildman–Crippen LogP) is 5.32. The van der Waals surface area contributed by atoms with Crippen LogP contribution in [0.5, 0.6) is 0 Å². The minimum absolute atomic E-state index is 0.135. The average molecular weight is 390 g/mol. The first kappa shape index (κ1) is 16.2. The van der Waals surface area contributed by atoms with E-state index in [4.69, 9.17) is 16.6 Å². The number of rotatable bonds is 2. The van der Waals surface area contributed by atoms with Gasteiger partial charge in [0.25, 0.3) is 5.56 Å². The summed E-state index contributed by atoms with van der Waals surface area (Å²) in [6.07, 6.45) is 0. The Bertz CT molecular complexity index is 1360. The average Bonchev–Trinajstić information content (AvgIpc) is 3.11. The number of hydrogen-bond acceptors (Lipinski definition) is 4. The zero-order chi connectivity index (χ0) is 18.4. The number of aromatic nitrogens is 3. The fourth-order valence-electron chi connectivity index (χ4n) is 3.08. The van der Waals surface area contributed by atoms with Crippen LogP contribution < -0.4 is 5.56 Å². The Labute approximate surface area is 163 Å². The van der Waals surface area contributed by atoms with Crippen LogP contribution in [0.3, 0.4) is 0 Å². The van der Waals surface area contributed by atoms with Gasteiger partial charge in [-0.3, -0.25) is 4.79 Å². The Kier molecular flexibility index (Phi) is 3.77. The van der Waals surface area contributed by atoms with Gasteiger partial charge in [0.2, 0.25) is 0 Å². The number of para-hydroxylation sites is 1. The number of nitrogens with zero attached hydrogens (tertiary/aromatic N) is 3. The molecule has 0 aliphatic rings. The molecular weight excluding hydrogens is 378 g/mol. The monoisotopic (exact) mass is 389 g/mol. The fourth-order valence-corrected chi connectivity index (χ4v) is 4.19. The standard InChI is InChI=1S/C21H12ClN3OS/c22-14-10-11-18-17(12-14)24-21(27-18)25-19(13-6-2-1-3-7-13)23-16-9-5-4-8-15(16)20(25)26/h1-12H. The summed E-state index contributed by atoms with van der Waals surface area (Å²) in [5.41, 5.74) is 2.16. The first-order chi connectivity index (χ1) is 13.2. The molecule has 5 rings (SSSR count). The topological polar surface area (TPSA) is 47.8 Å². The summed E-state index contributed by atoms with van der Waals surface area (Å²) in [7, 11) is 0. The number of halogens is 1. The number of hydrogen-bond donors (Lipinski definition) is 0. The molecule has 0 radical (unpaired) electrons. The van der Waals surface area contributed by atoms with Crippen LogP contribution in [0.4, 0.5) is 0 Å². The van der Waals surface area contributed by atoms with Crippen molar-refractivity contribution in [3.05, 3.63) is 88.2 Å². The second-order valence-corrected chi connectivity index (χ2v) is 7.51. The van der Waals surface area contributed by atoms with E-state index in [0.717, 1.165) is 15.8 Å². The van der Waals surface area contributed by atoms with E-state index in [2.05, 4.69) is 4.98 Å². The number of thiazole rings is 1. The van der Waals surface area contributed by atoms with Crippen LogP contribution in [0.2, 0.25) is 5.02 Å². The lowest BCUT2D eigenvalue weighted by molar-refractivity contribution is 0.965. The molecule has 130 valence electrons. The van der Waals surface area contributed by atoms with Crippen molar-refractivity contribution in [2.75, 3.05) is 0 Å². The molecule has 3 aromatic carbocycles. The fraction of sp³-hybridized carbons (Fsp3) is 0. The van der Waals surface area contributed by atoms with Crippen molar-refractivity contribution in [1.29, 1.82) is 0 Å². The third kappa shape index (κ3) is 2.72. The van der Waals surface area contributed by atoms with Gasteiger partial charge in [0.1, 0.15) is 5.82 Å². The molecule has 0 unspecified atom stereocenters. The van der Waals surface area contributed by atoms with Gasteiger partial charge in [-0.2, -0.15) is 0 Å². The Balaban J connectivity index is 1.88. The van der Waals surface area contributed by atoms with Gasteiger partial charge >= 0.3 is 0 Å². The molecule has 5 aromatic rings. The molecule has 0 fully saturated rings. The van der Waals surface area contributed by atoms with Crippen LogP contribution in [0, 0.1) is 0 Å². The summed E-state index contributed by atoms with van der Waals surface area (Å²) in [4.78, 5) is 22.8. The molecule has 0 amide bonds. The first-order valence-electron chi connectivity index (χ1n) is 8.34. The van der Waals surface area contributed by atoms with E-state index in [1.807, 2.05) is 60.7 Å². The lowest BCUT2D eigenvalue weighted by Gasteiger charge is -2.11. The van der Waals surface area contributed by atoms with Crippen LogP contribution in [-0.2, 0) is 0 Å². The highest BCUT2D eigenvalue weighted by atomic mass is 35.5. The summed E-state index contributed by atoms with van der Waals surface area (Å²) < 4.78 is 2.56. The second kappa shape index (κ2) is 6.30. The molecule has 27 heavy (non-hydrogen) atoms. The Morgan fingerprint density at radius 2 is 1.63 bits per heavy atom. The Hall–Kier alpha value is -3.02. The normalized spacial score (nSPS) is 11.3. The largest absolute Gasteiger partial charge is 0.268 e. The van der Waals surface area contributed by atoms with Gasteiger partial charge in [0, 0.05) is 10.6 Å². The van der Waals surface area contributed by atoms with E-state index in [1.54, 1.807) is 16.7 Å². The molecule has 0 N–H and O–H groups in total. The molecule has 0 saturated heterocycles. The number of benzene rings is 3. The molecule has 2 aromatic heterocycles. The summed E-state index contributed by atoms with van der Waals surface area (Å²) in [6.45, 7) is 0. The summed E-state index contributed by atoms with van der Waals surface area (Å²) in [5, 5.41) is 1.76. The van der Waals surface area contributed by atoms with E-state index < -0.39 is 0 Å². The second-order valence-electron chi connectivity index (χ2n) is 6.07. The first-order valence-corrected chi connectivity index (χ1v) is 9.54. The van der Waals surface area contributed by atoms with E-state index in [9.17, 15) is 4.79 Å². The molecular formula is C21H12ClN3OS. The maximum atomic E-state index is 13.3. The van der Waals surface area contributed by atoms with Gasteiger partial charge in [0.05, 0.1) is 21.1 Å². The van der Waals surface area contributed by atoms with Crippen molar-refractivity contribution in [3.63, 3.8) is 0 Å². The highest BCUT2D eigenvalue weighted by Crippen LogP contribution is 2.29. The van der Waals surface area contributed by atoms with Crippen molar-refractivity contribution in [3.8, 4) is 16.5 Å². The third-order valence-electron chi connectivity index (χ3n) is 4.34. The minimum Gasteiger partial charge on any atom is -0.268 e. The maximum absolute atomic E-state index is 13.3. The van der Waals surface area contributed by atoms with Crippen molar-refractivity contribution >= 4 is 44.1 Å². The molecule has 4 nitrogen and oxygen atoms in total. The minimum atomic E-state index is -0.135. The molecule has 0 aliphatic heterocycles. The van der Waals surface area contributed by atoms with Gasteiger partial charge in [-0.25, -0.2) is 14.5 Å². The number of fused-ring (bicyclic) bond motifs is 2. The van der Waals surface area contributed by atoms with Crippen LogP contribution >= 0.6 is 22.9 Å². The van der Waals surface area contributed by atoms with E-state index >= 15 is 0 Å². The molecule has 0 aliphatic carbocycles. The van der Waals surface area contributed by atoms with Gasteiger partial charge in [-0.05, 0) is 30.3 Å². The SMILES string of the molecule is O=c1c2ccccc2nc(-c2ccccc2)n1-c1nc2cc(Cl)ccc2s1. The van der Waals surface area contributed by atoms with Crippen molar-refractivity contribution in [2.24, 2.45) is 0 Å². The van der Waals surface area contributed by atoms with Gasteiger partial charge in [0.15, 0.2) is 5.13 Å². The van der Waals surface area contributed by atoms with E-state index in [0.29, 0.717) is 26.9 Å². The van der Waals surface area contributed by atoms with Crippen LogP contribution in [-0.4, -0.2) is 14.5 Å². The Morgan fingerprint density at radius 1 is 0.852 bits per heavy atom. The van der Waals surface area contributed by atoms with Gasteiger partial charge in [-0.1, -0.05) is 65.4 Å². The Morgan fingerprint density at radius 3 is 2.48 bits per heavy atom. The quantitative estimate of drug-likeness (QED) is 0.410. The van der Waals surface area contributed by atoms with Crippen molar-refractivity contribution in [2.45, 2.75) is 0 Å². The van der Waals surface area contributed by atoms with Crippen molar-refractivity contribution in [1.82, 2.24) is 14.5 Å². The zero-order valence-electron chi connectivity index (χ0n) is 14.0. The molecule has 0 saturated carbocycles. The lowest BCUT2D eigenvalue weighted by atomic mass is 10.2. The maximum Gasteiger partial charge on any atom is 0.268 e. The zero-order valence-corrected chi connectivity index (χ0v) is 15.5. The lowest BCUT2D eigenvalue weighted by Crippen LogP contribution is -2.21. The predicted molar refractivity (Wildman–Crippen MR) is 111 cm³/mol. The summed E-state index contributed by atoms with van der Waals surface area (Å²) in [6, 6.07) is 22.6. The summed E-state index contributed by atoms with van der Waals surface area (Å²) in [5.74, 6) is 0.574. The van der Waals surface area contributed by atoms with Crippen molar-refractivity contribution < 1.29 is 0 Å². The molecule has 6 heteroatoms. The molecule has 0 bridgehead atoms.